The number of amides is 1. The molecule has 0 aromatic heterocycles. The maximum absolute atomic E-state index is 12.9. The van der Waals surface area contributed by atoms with Crippen LogP contribution in [0.1, 0.15) is 30.1 Å². The molecule has 1 aliphatic rings. The molecule has 3 aromatic carbocycles. The van der Waals surface area contributed by atoms with Crippen LogP contribution < -0.4 is 15.0 Å². The van der Waals surface area contributed by atoms with Gasteiger partial charge >= 0.3 is 0 Å². The maximum atomic E-state index is 12.9. The lowest BCUT2D eigenvalue weighted by atomic mass is 9.99. The molecule has 4 rings (SSSR count). The number of carbonyl (C=O) groups is 1. The van der Waals surface area contributed by atoms with Gasteiger partial charge in [0, 0.05) is 24.5 Å². The number of rotatable bonds is 4. The number of piperidine rings is 1. The third kappa shape index (κ3) is 3.81. The fourth-order valence-corrected chi connectivity index (χ4v) is 3.79. The normalized spacial score (nSPS) is 14.9. The molecule has 0 aliphatic carbocycles. The summed E-state index contributed by atoms with van der Waals surface area (Å²) in [6.07, 6.45) is 2.47. The molecule has 0 saturated carbocycles. The monoisotopic (exact) mass is 374 g/mol. The molecule has 1 heterocycles. The summed E-state index contributed by atoms with van der Waals surface area (Å²) in [5.41, 5.74) is 2.54. The van der Waals surface area contributed by atoms with Crippen molar-refractivity contribution in [1.29, 1.82) is 0 Å². The standard InChI is InChI=1S/C24H26N2O2/c1-17-11-13-26(14-12-17)21-9-7-20(8-10-21)25-24(27)22-15-18-5-3-4-6-19(18)16-23(22)28-2/h3-10,15-17H,11-14H2,1-2H3,(H,25,27). The molecule has 4 heteroatoms. The van der Waals surface area contributed by atoms with Crippen LogP contribution >= 0.6 is 0 Å². The molecule has 0 radical (unpaired) electrons. The van der Waals surface area contributed by atoms with E-state index in [1.165, 1.54) is 18.5 Å². The molecule has 0 spiro atoms. The van der Waals surface area contributed by atoms with Gasteiger partial charge in [-0.05, 0) is 65.9 Å². The van der Waals surface area contributed by atoms with Crippen molar-refractivity contribution >= 4 is 28.1 Å². The first-order valence-corrected chi connectivity index (χ1v) is 9.87. The predicted octanol–water partition coefficient (Wildman–Crippen LogP) is 5.34. The average Bonchev–Trinajstić information content (AvgIpc) is 2.74. The summed E-state index contributed by atoms with van der Waals surface area (Å²) >= 11 is 0. The van der Waals surface area contributed by atoms with Gasteiger partial charge in [0.05, 0.1) is 12.7 Å². The number of nitrogens with one attached hydrogen (secondary N) is 1. The minimum atomic E-state index is -0.165. The highest BCUT2D eigenvalue weighted by molar-refractivity contribution is 6.08. The van der Waals surface area contributed by atoms with E-state index in [2.05, 4.69) is 29.3 Å². The number of methoxy groups -OCH3 is 1. The Morgan fingerprint density at radius 3 is 2.29 bits per heavy atom. The van der Waals surface area contributed by atoms with Crippen molar-refractivity contribution in [2.45, 2.75) is 19.8 Å². The molecular weight excluding hydrogens is 348 g/mol. The number of hydrogen-bond acceptors (Lipinski definition) is 3. The van der Waals surface area contributed by atoms with Crippen molar-refractivity contribution < 1.29 is 9.53 Å². The van der Waals surface area contributed by atoms with Gasteiger partial charge in [-0.2, -0.15) is 0 Å². The van der Waals surface area contributed by atoms with Gasteiger partial charge in [0.25, 0.3) is 5.91 Å². The zero-order valence-electron chi connectivity index (χ0n) is 16.4. The molecule has 4 nitrogen and oxygen atoms in total. The second kappa shape index (κ2) is 7.93. The molecule has 1 saturated heterocycles. The first-order chi connectivity index (χ1) is 13.6. The quantitative estimate of drug-likeness (QED) is 0.670. The van der Waals surface area contributed by atoms with Crippen LogP contribution in [0.3, 0.4) is 0 Å². The molecule has 1 amide bonds. The van der Waals surface area contributed by atoms with E-state index in [1.54, 1.807) is 7.11 Å². The van der Waals surface area contributed by atoms with Crippen LogP contribution in [-0.2, 0) is 0 Å². The van der Waals surface area contributed by atoms with E-state index in [0.29, 0.717) is 11.3 Å². The van der Waals surface area contributed by atoms with Crippen molar-refractivity contribution in [1.82, 2.24) is 0 Å². The van der Waals surface area contributed by atoms with Crippen molar-refractivity contribution in [3.8, 4) is 5.75 Å². The van der Waals surface area contributed by atoms with Gasteiger partial charge in [0.2, 0.25) is 0 Å². The number of benzene rings is 3. The molecule has 1 N–H and O–H groups in total. The van der Waals surface area contributed by atoms with Crippen molar-refractivity contribution in [2.75, 3.05) is 30.4 Å². The van der Waals surface area contributed by atoms with Crippen LogP contribution in [0.25, 0.3) is 10.8 Å². The van der Waals surface area contributed by atoms with Crippen LogP contribution in [-0.4, -0.2) is 26.1 Å². The lowest BCUT2D eigenvalue weighted by Gasteiger charge is -2.32. The zero-order valence-corrected chi connectivity index (χ0v) is 16.4. The van der Waals surface area contributed by atoms with Gasteiger partial charge in [-0.15, -0.1) is 0 Å². The van der Waals surface area contributed by atoms with Crippen LogP contribution in [0.15, 0.2) is 60.7 Å². The highest BCUT2D eigenvalue weighted by Gasteiger charge is 2.17. The maximum Gasteiger partial charge on any atom is 0.259 e. The second-order valence-corrected chi connectivity index (χ2v) is 7.57. The highest BCUT2D eigenvalue weighted by atomic mass is 16.5. The molecule has 0 atom stereocenters. The van der Waals surface area contributed by atoms with E-state index in [4.69, 9.17) is 4.74 Å². The van der Waals surface area contributed by atoms with E-state index in [9.17, 15) is 4.79 Å². The minimum absolute atomic E-state index is 0.165. The number of nitrogens with zero attached hydrogens (tertiary/aromatic N) is 1. The second-order valence-electron chi connectivity index (χ2n) is 7.57. The zero-order chi connectivity index (χ0) is 19.5. The van der Waals surface area contributed by atoms with Crippen molar-refractivity contribution in [3.63, 3.8) is 0 Å². The van der Waals surface area contributed by atoms with Crippen LogP contribution in [0.5, 0.6) is 5.75 Å². The third-order valence-electron chi connectivity index (χ3n) is 5.59. The largest absolute Gasteiger partial charge is 0.496 e. The summed E-state index contributed by atoms with van der Waals surface area (Å²) < 4.78 is 5.45. The summed E-state index contributed by atoms with van der Waals surface area (Å²) in [4.78, 5) is 15.3. The van der Waals surface area contributed by atoms with E-state index >= 15 is 0 Å². The highest BCUT2D eigenvalue weighted by Crippen LogP contribution is 2.28. The van der Waals surface area contributed by atoms with Gasteiger partial charge in [-0.3, -0.25) is 4.79 Å². The first-order valence-electron chi connectivity index (χ1n) is 9.87. The fraction of sp³-hybridized carbons (Fsp3) is 0.292. The Hall–Kier alpha value is -3.01. The predicted molar refractivity (Wildman–Crippen MR) is 116 cm³/mol. The van der Waals surface area contributed by atoms with Gasteiger partial charge in [-0.1, -0.05) is 31.2 Å². The summed E-state index contributed by atoms with van der Waals surface area (Å²) in [5, 5.41) is 5.07. The Morgan fingerprint density at radius 2 is 1.64 bits per heavy atom. The first kappa shape index (κ1) is 18.4. The van der Waals surface area contributed by atoms with Gasteiger partial charge in [0.15, 0.2) is 0 Å². The molecular formula is C24H26N2O2. The number of anilines is 2. The van der Waals surface area contributed by atoms with Crippen LogP contribution in [0.2, 0.25) is 0 Å². The van der Waals surface area contributed by atoms with E-state index in [-0.39, 0.29) is 5.91 Å². The molecule has 0 unspecified atom stereocenters. The summed E-state index contributed by atoms with van der Waals surface area (Å²) in [5.74, 6) is 1.23. The Bertz CT molecular complexity index is 974. The average molecular weight is 374 g/mol. The summed E-state index contributed by atoms with van der Waals surface area (Å²) in [7, 11) is 1.59. The number of hydrogen-bond donors (Lipinski definition) is 1. The summed E-state index contributed by atoms with van der Waals surface area (Å²) in [6, 6.07) is 19.9. The number of fused-ring (bicyclic) bond motifs is 1. The minimum Gasteiger partial charge on any atom is -0.496 e. The molecule has 28 heavy (non-hydrogen) atoms. The van der Waals surface area contributed by atoms with Crippen molar-refractivity contribution in [3.05, 3.63) is 66.2 Å². The SMILES string of the molecule is COc1cc2ccccc2cc1C(=O)Nc1ccc(N2CCC(C)CC2)cc1. The molecule has 0 bridgehead atoms. The lowest BCUT2D eigenvalue weighted by Crippen LogP contribution is -2.32. The molecule has 1 aliphatic heterocycles. The fourth-order valence-electron chi connectivity index (χ4n) is 3.79. The van der Waals surface area contributed by atoms with Crippen LogP contribution in [0.4, 0.5) is 11.4 Å². The Balaban J connectivity index is 1.51. The number of ether oxygens (including phenoxy) is 1. The lowest BCUT2D eigenvalue weighted by molar-refractivity contribution is 0.102. The molecule has 3 aromatic rings. The smallest absolute Gasteiger partial charge is 0.259 e. The summed E-state index contributed by atoms with van der Waals surface area (Å²) in [6.45, 7) is 4.51. The Morgan fingerprint density at radius 1 is 1.00 bits per heavy atom. The molecule has 144 valence electrons. The molecule has 1 fully saturated rings. The van der Waals surface area contributed by atoms with Crippen LogP contribution in [0, 0.1) is 5.92 Å². The topological polar surface area (TPSA) is 41.6 Å². The van der Waals surface area contributed by atoms with E-state index < -0.39 is 0 Å². The van der Waals surface area contributed by atoms with Gasteiger partial charge < -0.3 is 15.0 Å². The Kier molecular flexibility index (Phi) is 5.20. The number of carbonyl (C=O) groups excluding carboxylic acids is 1. The third-order valence-corrected chi connectivity index (χ3v) is 5.59. The Labute approximate surface area is 166 Å². The van der Waals surface area contributed by atoms with Gasteiger partial charge in [-0.25, -0.2) is 0 Å². The van der Waals surface area contributed by atoms with E-state index in [0.717, 1.165) is 35.5 Å². The van der Waals surface area contributed by atoms with E-state index in [1.807, 2.05) is 48.5 Å². The van der Waals surface area contributed by atoms with Crippen molar-refractivity contribution in [2.24, 2.45) is 5.92 Å². The van der Waals surface area contributed by atoms with Gasteiger partial charge in [0.1, 0.15) is 5.75 Å².